The van der Waals surface area contributed by atoms with Crippen LogP contribution in [0.3, 0.4) is 0 Å². The van der Waals surface area contributed by atoms with E-state index in [1.807, 2.05) is 23.5 Å². The normalized spacial score (nSPS) is 16.2. The van der Waals surface area contributed by atoms with Crippen molar-refractivity contribution in [2.45, 2.75) is 10.8 Å². The number of allylic oxidation sites excluding steroid dienone is 5. The second-order valence-corrected chi connectivity index (χ2v) is 13.9. The van der Waals surface area contributed by atoms with E-state index in [9.17, 15) is 0 Å². The number of thiophene rings is 1. The Morgan fingerprint density at radius 2 is 1.04 bits per heavy atom. The van der Waals surface area contributed by atoms with E-state index >= 15 is 0 Å². The molecule has 0 bridgehead atoms. The predicted octanol–water partition coefficient (Wildman–Crippen LogP) is 11.8. The highest BCUT2D eigenvalue weighted by Crippen LogP contribution is 2.68. The van der Waals surface area contributed by atoms with Gasteiger partial charge in [0, 0.05) is 30.8 Å². The minimum atomic E-state index is -0.674. The summed E-state index contributed by atoms with van der Waals surface area (Å²) in [5.41, 5.74) is 12.7. The second kappa shape index (κ2) is 9.30. The van der Waals surface area contributed by atoms with Crippen molar-refractivity contribution in [3.8, 4) is 11.1 Å². The van der Waals surface area contributed by atoms with Gasteiger partial charge in [-0.15, -0.1) is 11.3 Å². The number of halogens is 1. The first kappa shape index (κ1) is 26.3. The molecular weight excluding hydrogens is 596 g/mol. The van der Waals surface area contributed by atoms with Gasteiger partial charge in [-0.25, -0.2) is 0 Å². The first-order valence-electron chi connectivity index (χ1n) is 15.8. The fourth-order valence-electron chi connectivity index (χ4n) is 9.03. The summed E-state index contributed by atoms with van der Waals surface area (Å²) in [7, 11) is 0. The van der Waals surface area contributed by atoms with E-state index in [2.05, 4.69) is 146 Å². The zero-order valence-electron chi connectivity index (χ0n) is 24.9. The van der Waals surface area contributed by atoms with Gasteiger partial charge in [0.05, 0.1) is 10.8 Å². The Bertz CT molecular complexity index is 2430. The molecule has 7 aromatic rings. The summed E-state index contributed by atoms with van der Waals surface area (Å²) in [5, 5.41) is 3.41. The molecule has 2 heteroatoms. The summed E-state index contributed by atoms with van der Waals surface area (Å²) in [6, 6.07) is 49.5. The van der Waals surface area contributed by atoms with Crippen molar-refractivity contribution in [3.63, 3.8) is 0 Å². The summed E-state index contributed by atoms with van der Waals surface area (Å²) < 4.78 is 2.57. The summed E-state index contributed by atoms with van der Waals surface area (Å²) in [4.78, 5) is 0. The van der Waals surface area contributed by atoms with E-state index < -0.39 is 10.8 Å². The molecule has 0 aliphatic heterocycles. The van der Waals surface area contributed by atoms with E-state index in [0.717, 1.165) is 10.6 Å². The van der Waals surface area contributed by atoms with E-state index in [1.54, 1.807) is 0 Å². The van der Waals surface area contributed by atoms with Crippen LogP contribution in [0, 0.1) is 0 Å². The molecule has 46 heavy (non-hydrogen) atoms. The fourth-order valence-corrected chi connectivity index (χ4v) is 10.8. The van der Waals surface area contributed by atoms with Gasteiger partial charge in [-0.3, -0.25) is 0 Å². The van der Waals surface area contributed by atoms with Crippen LogP contribution in [0.4, 0.5) is 0 Å². The summed E-state index contributed by atoms with van der Waals surface area (Å²) >= 11 is 9.83. The topological polar surface area (TPSA) is 0 Å². The molecule has 2 spiro atoms. The molecule has 0 nitrogen and oxygen atoms in total. The number of hydrogen-bond donors (Lipinski definition) is 0. The minimum absolute atomic E-state index is 0.468. The van der Waals surface area contributed by atoms with Crippen molar-refractivity contribution < 1.29 is 0 Å². The average molecular weight is 623 g/mol. The molecule has 0 radical (unpaired) electrons. The number of rotatable bonds is 2. The van der Waals surface area contributed by atoms with Gasteiger partial charge in [0.25, 0.3) is 0 Å². The van der Waals surface area contributed by atoms with Crippen molar-refractivity contribution in [1.29, 1.82) is 0 Å². The molecule has 6 aromatic carbocycles. The molecule has 1 aromatic heterocycles. The quantitative estimate of drug-likeness (QED) is 0.168. The molecule has 3 aliphatic carbocycles. The smallest absolute Gasteiger partial charge is 0.0827 e. The molecule has 0 unspecified atom stereocenters. The Hall–Kier alpha value is -4.95. The van der Waals surface area contributed by atoms with E-state index in [4.69, 9.17) is 11.6 Å². The van der Waals surface area contributed by atoms with Crippen LogP contribution < -0.4 is 0 Å². The summed E-state index contributed by atoms with van der Waals surface area (Å²) in [5.74, 6) is 0. The third-order valence-corrected chi connectivity index (χ3v) is 12.3. The van der Waals surface area contributed by atoms with Gasteiger partial charge in [-0.1, -0.05) is 164 Å². The first-order valence-corrected chi connectivity index (χ1v) is 17.0. The van der Waals surface area contributed by atoms with Crippen LogP contribution in [0.15, 0.2) is 163 Å². The molecule has 0 N–H and O–H groups in total. The van der Waals surface area contributed by atoms with Gasteiger partial charge in [0.2, 0.25) is 0 Å². The van der Waals surface area contributed by atoms with Crippen molar-refractivity contribution in [3.05, 3.63) is 208 Å². The van der Waals surface area contributed by atoms with Crippen LogP contribution in [0.25, 0.3) is 36.9 Å². The Morgan fingerprint density at radius 1 is 0.522 bits per heavy atom. The molecular formula is C44H27ClS. The van der Waals surface area contributed by atoms with Gasteiger partial charge in [0.15, 0.2) is 0 Å². The van der Waals surface area contributed by atoms with E-state index in [-0.39, 0.29) is 0 Å². The van der Waals surface area contributed by atoms with Gasteiger partial charge in [0.1, 0.15) is 0 Å². The lowest BCUT2D eigenvalue weighted by molar-refractivity contribution is 0.637. The zero-order valence-corrected chi connectivity index (χ0v) is 26.5. The third kappa shape index (κ3) is 2.92. The maximum atomic E-state index is 7.96. The van der Waals surface area contributed by atoms with E-state index in [0.29, 0.717) is 0 Å². The monoisotopic (exact) mass is 622 g/mol. The van der Waals surface area contributed by atoms with E-state index in [1.165, 1.54) is 75.8 Å². The highest BCUT2D eigenvalue weighted by Gasteiger charge is 2.59. The van der Waals surface area contributed by atoms with Crippen LogP contribution in [-0.2, 0) is 10.8 Å². The third-order valence-electron chi connectivity index (χ3n) is 10.6. The van der Waals surface area contributed by atoms with Crippen molar-refractivity contribution in [1.82, 2.24) is 0 Å². The molecule has 0 fully saturated rings. The Kier molecular flexibility index (Phi) is 5.31. The van der Waals surface area contributed by atoms with Crippen LogP contribution in [0.5, 0.6) is 0 Å². The molecule has 3 aliphatic rings. The molecule has 1 heterocycles. The first-order chi connectivity index (χ1) is 22.7. The zero-order chi connectivity index (χ0) is 30.6. The molecule has 0 saturated heterocycles. The maximum absolute atomic E-state index is 7.96. The molecule has 0 atom stereocenters. The standard InChI is InChI=1S/C44H27ClS/c1-2-3-14-31-40-38(26-25-30-29-17-6-13-24-39(29)46-41(30)40)44(42(31)45)36-22-11-9-20-34(36)43(35-21-10-12-23-37(35)44)32-18-7-4-15-27(32)28-16-5-8-19-33(28)43/h2-26H,1H2/b14-3-. The van der Waals surface area contributed by atoms with Crippen molar-refractivity contribution in [2.75, 3.05) is 0 Å². The van der Waals surface area contributed by atoms with Crippen LogP contribution in [0.1, 0.15) is 44.5 Å². The predicted molar refractivity (Wildman–Crippen MR) is 195 cm³/mol. The van der Waals surface area contributed by atoms with Crippen LogP contribution in [-0.4, -0.2) is 0 Å². The largest absolute Gasteiger partial charge is 0.135 e. The number of hydrogen-bond acceptors (Lipinski definition) is 1. The highest BCUT2D eigenvalue weighted by atomic mass is 35.5. The van der Waals surface area contributed by atoms with Gasteiger partial charge in [-0.05, 0) is 61.7 Å². The summed E-state index contributed by atoms with van der Waals surface area (Å²) in [6.07, 6.45) is 6.04. The second-order valence-electron chi connectivity index (χ2n) is 12.5. The lowest BCUT2D eigenvalue weighted by Gasteiger charge is -2.48. The molecule has 0 amide bonds. The minimum Gasteiger partial charge on any atom is -0.135 e. The lowest BCUT2D eigenvalue weighted by atomic mass is 9.53. The average Bonchev–Trinajstić information content (AvgIpc) is 3.72. The summed E-state index contributed by atoms with van der Waals surface area (Å²) in [6.45, 7) is 4.02. The fraction of sp³-hybridized carbons (Fsp3) is 0.0455. The van der Waals surface area contributed by atoms with Gasteiger partial charge < -0.3 is 0 Å². The molecule has 0 saturated carbocycles. The van der Waals surface area contributed by atoms with Gasteiger partial charge in [-0.2, -0.15) is 0 Å². The van der Waals surface area contributed by atoms with Crippen molar-refractivity contribution in [2.24, 2.45) is 0 Å². The Labute approximate surface area is 277 Å². The van der Waals surface area contributed by atoms with Crippen LogP contribution in [0.2, 0.25) is 0 Å². The van der Waals surface area contributed by atoms with Gasteiger partial charge >= 0.3 is 0 Å². The molecule has 216 valence electrons. The number of benzene rings is 6. The highest BCUT2D eigenvalue weighted by molar-refractivity contribution is 7.26. The molecule has 10 rings (SSSR count). The SMILES string of the molecule is C=C/C=C\C1=C(Cl)C2(c3ccccc3C3(c4ccccc4-c4ccccc43)c3ccccc32)c2ccc3c(sc4ccccc43)c21. The maximum Gasteiger partial charge on any atom is 0.0827 e. The lowest BCUT2D eigenvalue weighted by Crippen LogP contribution is -2.43. The van der Waals surface area contributed by atoms with Crippen molar-refractivity contribution >= 4 is 48.7 Å². The Balaban J connectivity index is 1.41. The van der Waals surface area contributed by atoms with Crippen LogP contribution >= 0.6 is 22.9 Å². The number of fused-ring (bicyclic) bond motifs is 17. The Morgan fingerprint density at radius 3 is 1.65 bits per heavy atom.